The summed E-state index contributed by atoms with van der Waals surface area (Å²) in [6.45, 7) is 2.81. The van der Waals surface area contributed by atoms with Gasteiger partial charge >= 0.3 is 0 Å². The summed E-state index contributed by atoms with van der Waals surface area (Å²) in [6, 6.07) is 10.5. The van der Waals surface area contributed by atoms with E-state index >= 15 is 0 Å². The van der Waals surface area contributed by atoms with Crippen molar-refractivity contribution >= 4 is 12.1 Å². The fourth-order valence-corrected chi connectivity index (χ4v) is 1.98. The molecule has 2 rings (SSSR count). The zero-order valence-corrected chi connectivity index (χ0v) is 13.9. The summed E-state index contributed by atoms with van der Waals surface area (Å²) in [6.07, 6.45) is 5.22. The summed E-state index contributed by atoms with van der Waals surface area (Å²) in [7, 11) is 1.59. The molecule has 0 aliphatic heterocycles. The van der Waals surface area contributed by atoms with Crippen LogP contribution in [0.2, 0.25) is 0 Å². The highest BCUT2D eigenvalue weighted by Crippen LogP contribution is 2.11. The van der Waals surface area contributed by atoms with E-state index in [0.29, 0.717) is 6.61 Å². The molecule has 1 aromatic carbocycles. The van der Waals surface area contributed by atoms with Crippen molar-refractivity contribution in [3.05, 3.63) is 64.1 Å². The number of nitrogens with one attached hydrogen (secondary N) is 1. The van der Waals surface area contributed by atoms with Crippen LogP contribution in [0.15, 0.2) is 52.5 Å². The van der Waals surface area contributed by atoms with Crippen LogP contribution in [0.4, 0.5) is 0 Å². The van der Waals surface area contributed by atoms with Gasteiger partial charge in [0.05, 0.1) is 12.8 Å². The Morgan fingerprint density at radius 3 is 2.75 bits per heavy atom. The summed E-state index contributed by atoms with van der Waals surface area (Å²) >= 11 is 0. The van der Waals surface area contributed by atoms with Crippen molar-refractivity contribution in [2.45, 2.75) is 19.8 Å². The molecule has 0 saturated carbocycles. The highest BCUT2D eigenvalue weighted by molar-refractivity contribution is 5.94. The first kappa shape index (κ1) is 17.5. The van der Waals surface area contributed by atoms with Crippen molar-refractivity contribution in [3.8, 4) is 5.75 Å². The van der Waals surface area contributed by atoms with Crippen molar-refractivity contribution in [1.82, 2.24) is 9.99 Å². The van der Waals surface area contributed by atoms with Crippen LogP contribution in [-0.4, -0.2) is 23.3 Å². The lowest BCUT2D eigenvalue weighted by atomic mass is 10.2. The summed E-state index contributed by atoms with van der Waals surface area (Å²) in [5.74, 6) is 0.268. The Morgan fingerprint density at radius 2 is 2.04 bits per heavy atom. The lowest BCUT2D eigenvalue weighted by Gasteiger charge is -2.05. The fraction of sp³-hybridized carbons (Fsp3) is 0.278. The number of hydrogen-bond donors (Lipinski definition) is 1. The molecule has 1 heterocycles. The first-order chi connectivity index (χ1) is 11.6. The van der Waals surface area contributed by atoms with E-state index in [1.165, 1.54) is 16.8 Å². The summed E-state index contributed by atoms with van der Waals surface area (Å²) in [4.78, 5) is 23.8. The number of ether oxygens (including phenoxy) is 1. The number of aryl methyl sites for hydroxylation is 1. The maximum atomic E-state index is 12.0. The molecule has 0 bridgehead atoms. The number of pyridine rings is 1. The summed E-state index contributed by atoms with van der Waals surface area (Å²) in [5, 5.41) is 3.88. The molecular formula is C18H21N3O3. The Bertz CT molecular complexity index is 764. The lowest BCUT2D eigenvalue weighted by Crippen LogP contribution is -2.29. The third-order valence-corrected chi connectivity index (χ3v) is 3.39. The van der Waals surface area contributed by atoms with Crippen LogP contribution in [0.3, 0.4) is 0 Å². The van der Waals surface area contributed by atoms with Gasteiger partial charge in [-0.1, -0.05) is 13.3 Å². The average Bonchev–Trinajstić information content (AvgIpc) is 2.59. The van der Waals surface area contributed by atoms with E-state index in [1.807, 2.05) is 24.3 Å². The number of benzene rings is 1. The molecule has 0 unspecified atom stereocenters. The Kier molecular flexibility index (Phi) is 6.31. The van der Waals surface area contributed by atoms with Gasteiger partial charge in [0, 0.05) is 13.2 Å². The zero-order chi connectivity index (χ0) is 17.4. The van der Waals surface area contributed by atoms with Gasteiger partial charge in [-0.15, -0.1) is 0 Å². The number of nitrogens with zero attached hydrogens (tertiary/aromatic N) is 2. The van der Waals surface area contributed by atoms with Gasteiger partial charge in [-0.25, -0.2) is 5.43 Å². The minimum absolute atomic E-state index is 0.0526. The zero-order valence-electron chi connectivity index (χ0n) is 13.9. The minimum atomic E-state index is -0.535. The Labute approximate surface area is 140 Å². The molecule has 0 fully saturated rings. The van der Waals surface area contributed by atoms with Crippen LogP contribution in [0.1, 0.15) is 35.7 Å². The van der Waals surface area contributed by atoms with E-state index in [2.05, 4.69) is 17.5 Å². The predicted octanol–water partition coefficient (Wildman–Crippen LogP) is 2.33. The van der Waals surface area contributed by atoms with Gasteiger partial charge in [-0.05, 0) is 48.4 Å². The second-order valence-electron chi connectivity index (χ2n) is 5.31. The van der Waals surface area contributed by atoms with Crippen LogP contribution >= 0.6 is 0 Å². The molecule has 6 heteroatoms. The van der Waals surface area contributed by atoms with Crippen molar-refractivity contribution < 1.29 is 9.53 Å². The SMILES string of the molecule is CCCCOc1ccc(/C=N\NC(=O)c2cccn(C)c2=O)cc1. The molecule has 1 N–H and O–H groups in total. The quantitative estimate of drug-likeness (QED) is 0.482. The van der Waals surface area contributed by atoms with Crippen LogP contribution in [0, 0.1) is 0 Å². The third-order valence-electron chi connectivity index (χ3n) is 3.39. The van der Waals surface area contributed by atoms with Crippen molar-refractivity contribution in [1.29, 1.82) is 0 Å². The lowest BCUT2D eigenvalue weighted by molar-refractivity contribution is 0.0953. The van der Waals surface area contributed by atoms with E-state index in [-0.39, 0.29) is 11.1 Å². The van der Waals surface area contributed by atoms with Gasteiger partial charge in [0.15, 0.2) is 0 Å². The number of unbranched alkanes of at least 4 members (excludes halogenated alkanes) is 1. The molecular weight excluding hydrogens is 306 g/mol. The number of carbonyl (C=O) groups is 1. The molecule has 0 aliphatic rings. The molecule has 24 heavy (non-hydrogen) atoms. The fourth-order valence-electron chi connectivity index (χ4n) is 1.98. The molecule has 2 aromatic rings. The van der Waals surface area contributed by atoms with E-state index in [0.717, 1.165) is 24.2 Å². The number of carbonyl (C=O) groups excluding carboxylic acids is 1. The van der Waals surface area contributed by atoms with E-state index in [9.17, 15) is 9.59 Å². The first-order valence-corrected chi connectivity index (χ1v) is 7.83. The average molecular weight is 327 g/mol. The number of aromatic nitrogens is 1. The minimum Gasteiger partial charge on any atom is -0.494 e. The molecule has 0 radical (unpaired) electrons. The highest BCUT2D eigenvalue weighted by atomic mass is 16.5. The van der Waals surface area contributed by atoms with Crippen LogP contribution in [-0.2, 0) is 7.05 Å². The topological polar surface area (TPSA) is 72.7 Å². The molecule has 126 valence electrons. The standard InChI is InChI=1S/C18H21N3O3/c1-3-4-12-24-15-9-7-14(8-10-15)13-19-20-17(22)16-6-5-11-21(2)18(16)23/h5-11,13H,3-4,12H2,1-2H3,(H,20,22)/b19-13-. The molecule has 0 saturated heterocycles. The molecule has 0 aliphatic carbocycles. The van der Waals surface area contributed by atoms with Crippen molar-refractivity contribution in [3.63, 3.8) is 0 Å². The third kappa shape index (κ3) is 4.81. The van der Waals surface area contributed by atoms with E-state index in [4.69, 9.17) is 4.74 Å². The van der Waals surface area contributed by atoms with E-state index < -0.39 is 5.91 Å². The Balaban J connectivity index is 1.92. The second kappa shape index (κ2) is 8.67. The molecule has 0 spiro atoms. The Hall–Kier alpha value is -2.89. The van der Waals surface area contributed by atoms with Gasteiger partial charge in [-0.3, -0.25) is 9.59 Å². The largest absolute Gasteiger partial charge is 0.494 e. The van der Waals surface area contributed by atoms with Gasteiger partial charge in [-0.2, -0.15) is 5.10 Å². The number of hydrazone groups is 1. The normalized spacial score (nSPS) is 10.8. The van der Waals surface area contributed by atoms with E-state index in [1.54, 1.807) is 19.3 Å². The number of hydrogen-bond acceptors (Lipinski definition) is 4. The van der Waals surface area contributed by atoms with Crippen molar-refractivity contribution in [2.24, 2.45) is 12.1 Å². The highest BCUT2D eigenvalue weighted by Gasteiger charge is 2.09. The smallest absolute Gasteiger partial charge is 0.276 e. The van der Waals surface area contributed by atoms with Gasteiger partial charge in [0.2, 0.25) is 0 Å². The number of rotatable bonds is 7. The predicted molar refractivity (Wildman–Crippen MR) is 93.6 cm³/mol. The summed E-state index contributed by atoms with van der Waals surface area (Å²) in [5.41, 5.74) is 2.87. The van der Waals surface area contributed by atoms with Crippen LogP contribution < -0.4 is 15.7 Å². The maximum absolute atomic E-state index is 12.0. The van der Waals surface area contributed by atoms with Crippen molar-refractivity contribution in [2.75, 3.05) is 6.61 Å². The molecule has 0 atom stereocenters. The van der Waals surface area contributed by atoms with Gasteiger partial charge < -0.3 is 9.30 Å². The number of amides is 1. The monoisotopic (exact) mass is 327 g/mol. The maximum Gasteiger partial charge on any atom is 0.276 e. The summed E-state index contributed by atoms with van der Waals surface area (Å²) < 4.78 is 6.92. The van der Waals surface area contributed by atoms with Crippen LogP contribution in [0.5, 0.6) is 5.75 Å². The second-order valence-corrected chi connectivity index (χ2v) is 5.31. The first-order valence-electron chi connectivity index (χ1n) is 7.83. The van der Waals surface area contributed by atoms with Crippen LogP contribution in [0.25, 0.3) is 0 Å². The molecule has 1 amide bonds. The van der Waals surface area contributed by atoms with Gasteiger partial charge in [0.1, 0.15) is 11.3 Å². The van der Waals surface area contributed by atoms with Gasteiger partial charge in [0.25, 0.3) is 11.5 Å². The molecule has 6 nitrogen and oxygen atoms in total. The Morgan fingerprint density at radius 1 is 1.29 bits per heavy atom. The molecule has 1 aromatic heterocycles.